The maximum absolute atomic E-state index is 10.5. The molecule has 0 saturated carbocycles. The quantitative estimate of drug-likeness (QED) is 0.899. The Bertz CT molecular complexity index is 553. The molecule has 4 nitrogen and oxygen atoms in total. The van der Waals surface area contributed by atoms with Crippen LogP contribution in [0.3, 0.4) is 0 Å². The third kappa shape index (κ3) is 2.97. The maximum atomic E-state index is 10.5. The molecule has 0 fully saturated rings. The number of imidazole rings is 1. The molecule has 0 aliphatic heterocycles. The molecule has 0 bridgehead atoms. The zero-order valence-corrected chi connectivity index (χ0v) is 10.6. The van der Waals surface area contributed by atoms with Crippen molar-refractivity contribution < 1.29 is 9.90 Å². The lowest BCUT2D eigenvalue weighted by Crippen LogP contribution is -1.97. The van der Waals surface area contributed by atoms with Crippen LogP contribution in [-0.4, -0.2) is 20.6 Å². The average molecular weight is 244 g/mol. The number of carboxylic acids is 1. The Balaban J connectivity index is 2.21. The molecule has 1 aromatic carbocycles. The summed E-state index contributed by atoms with van der Waals surface area (Å²) < 4.78 is 1.93. The van der Waals surface area contributed by atoms with Crippen LogP contribution in [0.15, 0.2) is 30.7 Å². The molecule has 2 aromatic rings. The first-order chi connectivity index (χ1) is 8.54. The van der Waals surface area contributed by atoms with Crippen LogP contribution in [0.1, 0.15) is 23.2 Å². The lowest BCUT2D eigenvalue weighted by Gasteiger charge is -2.05. The lowest BCUT2D eigenvalue weighted by atomic mass is 10.1. The van der Waals surface area contributed by atoms with Gasteiger partial charge in [-0.2, -0.15) is 0 Å². The predicted octanol–water partition coefficient (Wildman–Crippen LogP) is 2.51. The number of benzene rings is 1. The van der Waals surface area contributed by atoms with E-state index in [1.807, 2.05) is 10.8 Å². The first-order valence-corrected chi connectivity index (χ1v) is 5.88. The Kier molecular flexibility index (Phi) is 3.46. The van der Waals surface area contributed by atoms with Crippen LogP contribution in [0.5, 0.6) is 0 Å². The van der Waals surface area contributed by atoms with Crippen molar-refractivity contribution in [3.05, 3.63) is 47.5 Å². The highest BCUT2D eigenvalue weighted by molar-refractivity contribution is 5.66. The Morgan fingerprint density at radius 3 is 2.56 bits per heavy atom. The van der Waals surface area contributed by atoms with E-state index < -0.39 is 5.97 Å². The Morgan fingerprint density at radius 1 is 1.28 bits per heavy atom. The molecule has 0 amide bonds. The minimum Gasteiger partial charge on any atom is -0.481 e. The monoisotopic (exact) mass is 244 g/mol. The van der Waals surface area contributed by atoms with Crippen LogP contribution in [0.4, 0.5) is 0 Å². The van der Waals surface area contributed by atoms with Crippen molar-refractivity contribution in [2.24, 2.45) is 0 Å². The minimum atomic E-state index is -0.795. The fourth-order valence-corrected chi connectivity index (χ4v) is 1.97. The van der Waals surface area contributed by atoms with Crippen molar-refractivity contribution in [3.8, 4) is 5.69 Å². The van der Waals surface area contributed by atoms with E-state index in [9.17, 15) is 4.79 Å². The molecule has 2 rings (SSSR count). The van der Waals surface area contributed by atoms with E-state index in [-0.39, 0.29) is 6.42 Å². The van der Waals surface area contributed by atoms with E-state index in [1.165, 1.54) is 11.1 Å². The number of hydrogen-bond acceptors (Lipinski definition) is 2. The van der Waals surface area contributed by atoms with Crippen molar-refractivity contribution >= 4 is 5.97 Å². The van der Waals surface area contributed by atoms with E-state index in [0.717, 1.165) is 11.4 Å². The average Bonchev–Trinajstić information content (AvgIpc) is 2.73. The number of aromatic nitrogens is 2. The molecule has 0 radical (unpaired) electrons. The standard InChI is InChI=1S/C14H16N2O2/c1-10-5-11(2)7-13(6-10)16-8-12(15-9-16)3-4-14(17)18/h5-9H,3-4H2,1-2H3,(H,17,18). The lowest BCUT2D eigenvalue weighted by molar-refractivity contribution is -0.136. The number of hydrogen-bond donors (Lipinski definition) is 1. The molecule has 1 heterocycles. The fourth-order valence-electron chi connectivity index (χ4n) is 1.97. The summed E-state index contributed by atoms with van der Waals surface area (Å²) in [6, 6.07) is 6.27. The number of aliphatic carboxylic acids is 1. The highest BCUT2D eigenvalue weighted by atomic mass is 16.4. The topological polar surface area (TPSA) is 55.1 Å². The molecule has 94 valence electrons. The van der Waals surface area contributed by atoms with Crippen LogP contribution < -0.4 is 0 Å². The number of rotatable bonds is 4. The molecule has 0 aliphatic rings. The maximum Gasteiger partial charge on any atom is 0.303 e. The first-order valence-electron chi connectivity index (χ1n) is 5.88. The summed E-state index contributed by atoms with van der Waals surface area (Å²) in [5.41, 5.74) is 4.26. The van der Waals surface area contributed by atoms with Gasteiger partial charge in [0.2, 0.25) is 0 Å². The van der Waals surface area contributed by atoms with Crippen LogP contribution in [-0.2, 0) is 11.2 Å². The highest BCUT2D eigenvalue weighted by Gasteiger charge is 2.04. The molecule has 0 atom stereocenters. The van der Waals surface area contributed by atoms with Gasteiger partial charge in [0, 0.05) is 18.3 Å². The first kappa shape index (κ1) is 12.4. The number of carbonyl (C=O) groups is 1. The van der Waals surface area contributed by atoms with Gasteiger partial charge in [-0.25, -0.2) is 4.98 Å². The predicted molar refractivity (Wildman–Crippen MR) is 69.0 cm³/mol. The molecular formula is C14H16N2O2. The number of nitrogens with zero attached hydrogens (tertiary/aromatic N) is 2. The summed E-state index contributed by atoms with van der Waals surface area (Å²) in [6.45, 7) is 4.11. The summed E-state index contributed by atoms with van der Waals surface area (Å²) in [5, 5.41) is 8.64. The van der Waals surface area contributed by atoms with Gasteiger partial charge in [-0.3, -0.25) is 4.79 Å². The molecule has 18 heavy (non-hydrogen) atoms. The molecule has 1 aromatic heterocycles. The van der Waals surface area contributed by atoms with Gasteiger partial charge in [0.1, 0.15) is 0 Å². The van der Waals surface area contributed by atoms with Gasteiger partial charge in [0.15, 0.2) is 0 Å². The second-order valence-electron chi connectivity index (χ2n) is 4.51. The highest BCUT2D eigenvalue weighted by Crippen LogP contribution is 2.14. The Labute approximate surface area is 106 Å². The van der Waals surface area contributed by atoms with Crippen LogP contribution >= 0.6 is 0 Å². The molecule has 4 heteroatoms. The van der Waals surface area contributed by atoms with Crippen LogP contribution in [0.2, 0.25) is 0 Å². The van der Waals surface area contributed by atoms with Crippen molar-refractivity contribution in [1.29, 1.82) is 0 Å². The van der Waals surface area contributed by atoms with E-state index in [2.05, 4.69) is 37.0 Å². The molecule has 0 saturated heterocycles. The smallest absolute Gasteiger partial charge is 0.303 e. The van der Waals surface area contributed by atoms with Crippen molar-refractivity contribution in [1.82, 2.24) is 9.55 Å². The van der Waals surface area contributed by atoms with E-state index in [0.29, 0.717) is 6.42 Å². The fraction of sp³-hybridized carbons (Fsp3) is 0.286. The van der Waals surface area contributed by atoms with Gasteiger partial charge in [-0.1, -0.05) is 6.07 Å². The summed E-state index contributed by atoms with van der Waals surface area (Å²) in [4.78, 5) is 14.7. The molecule has 0 aliphatic carbocycles. The van der Waals surface area contributed by atoms with E-state index in [1.54, 1.807) is 6.33 Å². The van der Waals surface area contributed by atoms with E-state index >= 15 is 0 Å². The van der Waals surface area contributed by atoms with Crippen molar-refractivity contribution in [2.75, 3.05) is 0 Å². The van der Waals surface area contributed by atoms with E-state index in [4.69, 9.17) is 5.11 Å². The molecule has 1 N–H and O–H groups in total. The second kappa shape index (κ2) is 5.04. The second-order valence-corrected chi connectivity index (χ2v) is 4.51. The summed E-state index contributed by atoms with van der Waals surface area (Å²) in [6.07, 6.45) is 4.19. The third-order valence-electron chi connectivity index (χ3n) is 2.74. The van der Waals surface area contributed by atoms with Gasteiger partial charge in [-0.15, -0.1) is 0 Å². The zero-order valence-electron chi connectivity index (χ0n) is 10.6. The van der Waals surface area contributed by atoms with Crippen LogP contribution in [0, 0.1) is 13.8 Å². The normalized spacial score (nSPS) is 10.6. The van der Waals surface area contributed by atoms with Crippen LogP contribution in [0.25, 0.3) is 5.69 Å². The summed E-state index contributed by atoms with van der Waals surface area (Å²) >= 11 is 0. The van der Waals surface area contributed by atoms with Gasteiger partial charge in [-0.05, 0) is 37.1 Å². The molecule has 0 unspecified atom stereocenters. The van der Waals surface area contributed by atoms with Gasteiger partial charge in [0.25, 0.3) is 0 Å². The Hall–Kier alpha value is -2.10. The summed E-state index contributed by atoms with van der Waals surface area (Å²) in [7, 11) is 0. The Morgan fingerprint density at radius 2 is 1.94 bits per heavy atom. The number of aryl methyl sites for hydroxylation is 3. The zero-order chi connectivity index (χ0) is 13.1. The van der Waals surface area contributed by atoms with Crippen molar-refractivity contribution in [2.45, 2.75) is 26.7 Å². The minimum absolute atomic E-state index is 0.115. The van der Waals surface area contributed by atoms with Gasteiger partial charge >= 0.3 is 5.97 Å². The SMILES string of the molecule is Cc1cc(C)cc(-n2cnc(CCC(=O)O)c2)c1. The molecular weight excluding hydrogens is 228 g/mol. The molecule has 0 spiro atoms. The largest absolute Gasteiger partial charge is 0.481 e. The summed E-state index contributed by atoms with van der Waals surface area (Å²) in [5.74, 6) is -0.795. The number of carboxylic acid groups (broad SMARTS) is 1. The van der Waals surface area contributed by atoms with Gasteiger partial charge < -0.3 is 9.67 Å². The van der Waals surface area contributed by atoms with Crippen molar-refractivity contribution in [3.63, 3.8) is 0 Å². The third-order valence-corrected chi connectivity index (χ3v) is 2.74. The van der Waals surface area contributed by atoms with Gasteiger partial charge in [0.05, 0.1) is 18.4 Å².